The summed E-state index contributed by atoms with van der Waals surface area (Å²) in [6.45, 7) is 6.45. The van der Waals surface area contributed by atoms with Gasteiger partial charge in [0.1, 0.15) is 6.04 Å². The summed E-state index contributed by atoms with van der Waals surface area (Å²) in [5, 5.41) is 9.10. The van der Waals surface area contributed by atoms with Gasteiger partial charge in [-0.2, -0.15) is 0 Å². The zero-order valence-electron chi connectivity index (χ0n) is 11.0. The van der Waals surface area contributed by atoms with E-state index in [-0.39, 0.29) is 18.6 Å². The van der Waals surface area contributed by atoms with Gasteiger partial charge in [-0.05, 0) is 45.2 Å². The van der Waals surface area contributed by atoms with Crippen LogP contribution in [0.15, 0.2) is 0 Å². The number of rotatable bonds is 6. The van der Waals surface area contributed by atoms with Crippen molar-refractivity contribution >= 4 is 5.97 Å². The standard InChI is InChI=1S/C13H25NO3/c1-3-5-12(13(16)17-4-2)14-8-6-11(10-15)7-9-14/h11-12,15H,3-10H2,1-2H3. The van der Waals surface area contributed by atoms with E-state index in [9.17, 15) is 4.79 Å². The molecule has 1 heterocycles. The summed E-state index contributed by atoms with van der Waals surface area (Å²) in [6, 6.07) is -0.0837. The minimum absolute atomic E-state index is 0.0837. The summed E-state index contributed by atoms with van der Waals surface area (Å²) in [6.07, 6.45) is 3.82. The number of carbonyl (C=O) groups excluding carboxylic acids is 1. The molecule has 100 valence electrons. The van der Waals surface area contributed by atoms with E-state index in [0.29, 0.717) is 12.5 Å². The van der Waals surface area contributed by atoms with E-state index in [1.165, 1.54) is 0 Å². The van der Waals surface area contributed by atoms with Gasteiger partial charge in [-0.3, -0.25) is 9.69 Å². The summed E-state index contributed by atoms with van der Waals surface area (Å²) >= 11 is 0. The lowest BCUT2D eigenvalue weighted by molar-refractivity contribution is -0.150. The molecule has 1 unspecified atom stereocenters. The summed E-state index contributed by atoms with van der Waals surface area (Å²) in [5.41, 5.74) is 0. The number of piperidine rings is 1. The molecule has 1 fully saturated rings. The molecular weight excluding hydrogens is 218 g/mol. The lowest BCUT2D eigenvalue weighted by atomic mass is 9.96. The largest absolute Gasteiger partial charge is 0.465 e. The molecule has 0 aromatic heterocycles. The lowest BCUT2D eigenvalue weighted by Gasteiger charge is -2.35. The van der Waals surface area contributed by atoms with Crippen LogP contribution in [0.1, 0.15) is 39.5 Å². The van der Waals surface area contributed by atoms with Gasteiger partial charge in [0.2, 0.25) is 0 Å². The Morgan fingerprint density at radius 3 is 2.53 bits per heavy atom. The third-order valence-corrected chi connectivity index (χ3v) is 3.47. The van der Waals surface area contributed by atoms with Gasteiger partial charge in [-0.1, -0.05) is 13.3 Å². The van der Waals surface area contributed by atoms with Crippen LogP contribution in [-0.2, 0) is 9.53 Å². The maximum atomic E-state index is 11.9. The van der Waals surface area contributed by atoms with Crippen molar-refractivity contribution in [2.45, 2.75) is 45.6 Å². The minimum Gasteiger partial charge on any atom is -0.465 e. The first-order valence-corrected chi connectivity index (χ1v) is 6.74. The highest BCUT2D eigenvalue weighted by atomic mass is 16.5. The molecule has 4 heteroatoms. The van der Waals surface area contributed by atoms with Gasteiger partial charge in [-0.25, -0.2) is 0 Å². The van der Waals surface area contributed by atoms with Crippen LogP contribution in [0.2, 0.25) is 0 Å². The van der Waals surface area contributed by atoms with Gasteiger partial charge in [0.05, 0.1) is 6.61 Å². The second kappa shape index (κ2) is 7.67. The van der Waals surface area contributed by atoms with E-state index < -0.39 is 0 Å². The Balaban J connectivity index is 2.50. The van der Waals surface area contributed by atoms with Gasteiger partial charge >= 0.3 is 5.97 Å². The van der Waals surface area contributed by atoms with Crippen molar-refractivity contribution in [1.82, 2.24) is 4.90 Å². The SMILES string of the molecule is CCCC(C(=O)OCC)N1CCC(CO)CC1. The van der Waals surface area contributed by atoms with Gasteiger partial charge in [-0.15, -0.1) is 0 Å². The number of ether oxygens (including phenoxy) is 1. The predicted octanol–water partition coefficient (Wildman–Crippen LogP) is 1.42. The third kappa shape index (κ3) is 4.28. The predicted molar refractivity (Wildman–Crippen MR) is 66.7 cm³/mol. The Hall–Kier alpha value is -0.610. The molecule has 1 aliphatic heterocycles. The van der Waals surface area contributed by atoms with E-state index in [1.807, 2.05) is 6.92 Å². The summed E-state index contributed by atoms with van der Waals surface area (Å²) in [4.78, 5) is 14.1. The quantitative estimate of drug-likeness (QED) is 0.717. The van der Waals surface area contributed by atoms with Gasteiger partial charge in [0.15, 0.2) is 0 Å². The molecule has 0 radical (unpaired) electrons. The molecule has 0 spiro atoms. The molecule has 1 N–H and O–H groups in total. The maximum absolute atomic E-state index is 11.9. The average molecular weight is 243 g/mol. The summed E-state index contributed by atoms with van der Waals surface area (Å²) < 4.78 is 5.13. The minimum atomic E-state index is -0.0863. The van der Waals surface area contributed by atoms with Crippen LogP contribution in [0.3, 0.4) is 0 Å². The molecule has 0 aromatic rings. The number of nitrogens with zero attached hydrogens (tertiary/aromatic N) is 1. The number of hydrogen-bond acceptors (Lipinski definition) is 4. The molecule has 0 bridgehead atoms. The van der Waals surface area contributed by atoms with Crippen LogP contribution < -0.4 is 0 Å². The van der Waals surface area contributed by atoms with Gasteiger partial charge in [0.25, 0.3) is 0 Å². The first kappa shape index (κ1) is 14.5. The molecule has 0 aromatic carbocycles. The third-order valence-electron chi connectivity index (χ3n) is 3.47. The van der Waals surface area contributed by atoms with E-state index in [0.717, 1.165) is 38.8 Å². The normalized spacial score (nSPS) is 20.2. The van der Waals surface area contributed by atoms with Gasteiger partial charge in [0, 0.05) is 6.61 Å². The number of likely N-dealkylation sites (tertiary alicyclic amines) is 1. The van der Waals surface area contributed by atoms with Crippen LogP contribution in [0.4, 0.5) is 0 Å². The number of aliphatic hydroxyl groups is 1. The van der Waals surface area contributed by atoms with E-state index in [1.54, 1.807) is 0 Å². The molecule has 1 aliphatic rings. The molecule has 1 atom stereocenters. The number of esters is 1. The number of carbonyl (C=O) groups is 1. The van der Waals surface area contributed by atoms with Gasteiger partial charge < -0.3 is 9.84 Å². The first-order valence-electron chi connectivity index (χ1n) is 6.74. The highest BCUT2D eigenvalue weighted by Crippen LogP contribution is 2.20. The summed E-state index contributed by atoms with van der Waals surface area (Å²) in [7, 11) is 0. The fraction of sp³-hybridized carbons (Fsp3) is 0.923. The second-order valence-corrected chi connectivity index (χ2v) is 4.72. The monoisotopic (exact) mass is 243 g/mol. The zero-order valence-corrected chi connectivity index (χ0v) is 11.0. The van der Waals surface area contributed by atoms with E-state index in [4.69, 9.17) is 9.84 Å². The van der Waals surface area contributed by atoms with E-state index >= 15 is 0 Å². The van der Waals surface area contributed by atoms with E-state index in [2.05, 4.69) is 11.8 Å². The van der Waals surface area contributed by atoms with Crippen LogP contribution >= 0.6 is 0 Å². The molecule has 1 saturated heterocycles. The fourth-order valence-electron chi connectivity index (χ4n) is 2.41. The van der Waals surface area contributed by atoms with Crippen molar-refractivity contribution < 1.29 is 14.6 Å². The Kier molecular flexibility index (Phi) is 6.52. The average Bonchev–Trinajstić information content (AvgIpc) is 2.36. The Bertz CT molecular complexity index is 225. The highest BCUT2D eigenvalue weighted by molar-refractivity contribution is 5.75. The molecule has 1 rings (SSSR count). The number of hydrogen-bond donors (Lipinski definition) is 1. The van der Waals surface area contributed by atoms with Crippen molar-refractivity contribution in [3.8, 4) is 0 Å². The lowest BCUT2D eigenvalue weighted by Crippen LogP contribution is -2.46. The maximum Gasteiger partial charge on any atom is 0.323 e. The molecule has 0 amide bonds. The molecule has 17 heavy (non-hydrogen) atoms. The first-order chi connectivity index (χ1) is 8.22. The van der Waals surface area contributed by atoms with Crippen LogP contribution in [-0.4, -0.2) is 48.3 Å². The van der Waals surface area contributed by atoms with Crippen LogP contribution in [0, 0.1) is 5.92 Å². The number of aliphatic hydroxyl groups excluding tert-OH is 1. The molecule has 0 aliphatic carbocycles. The second-order valence-electron chi connectivity index (χ2n) is 4.72. The fourth-order valence-corrected chi connectivity index (χ4v) is 2.41. The van der Waals surface area contributed by atoms with Crippen molar-refractivity contribution in [1.29, 1.82) is 0 Å². The van der Waals surface area contributed by atoms with Crippen molar-refractivity contribution in [3.63, 3.8) is 0 Å². The topological polar surface area (TPSA) is 49.8 Å². The molecule has 4 nitrogen and oxygen atoms in total. The summed E-state index contributed by atoms with van der Waals surface area (Å²) in [5.74, 6) is 0.326. The molecular formula is C13H25NO3. The highest BCUT2D eigenvalue weighted by Gasteiger charge is 2.29. The van der Waals surface area contributed by atoms with Crippen LogP contribution in [0.5, 0.6) is 0 Å². The zero-order chi connectivity index (χ0) is 12.7. The van der Waals surface area contributed by atoms with Crippen molar-refractivity contribution in [2.24, 2.45) is 5.92 Å². The Labute approximate surface area is 104 Å². The van der Waals surface area contributed by atoms with Crippen molar-refractivity contribution in [2.75, 3.05) is 26.3 Å². The Morgan fingerprint density at radius 2 is 2.06 bits per heavy atom. The molecule has 0 saturated carbocycles. The van der Waals surface area contributed by atoms with Crippen molar-refractivity contribution in [3.05, 3.63) is 0 Å². The Morgan fingerprint density at radius 1 is 1.41 bits per heavy atom. The van der Waals surface area contributed by atoms with Crippen LogP contribution in [0.25, 0.3) is 0 Å². The smallest absolute Gasteiger partial charge is 0.323 e.